The number of ether oxygens (including phenoxy) is 1. The predicted molar refractivity (Wildman–Crippen MR) is 75.4 cm³/mol. The summed E-state index contributed by atoms with van der Waals surface area (Å²) in [6.07, 6.45) is 0.945. The van der Waals surface area contributed by atoms with Gasteiger partial charge in [0, 0.05) is 6.04 Å². The van der Waals surface area contributed by atoms with Gasteiger partial charge in [0.15, 0.2) is 0 Å². The van der Waals surface area contributed by atoms with E-state index in [4.69, 9.17) is 4.74 Å². The fraction of sp³-hybridized carbons (Fsp3) is 0.500. The number of carbonyl (C=O) groups excluding carboxylic acids is 1. The molecule has 1 saturated heterocycles. The van der Waals surface area contributed by atoms with Crippen molar-refractivity contribution >= 4 is 5.97 Å². The van der Waals surface area contributed by atoms with Crippen molar-refractivity contribution in [3.05, 3.63) is 42.8 Å². The first-order valence-electron chi connectivity index (χ1n) is 6.95. The lowest BCUT2D eigenvalue weighted by molar-refractivity contribution is -0.150. The molecule has 3 nitrogen and oxygen atoms in total. The van der Waals surface area contributed by atoms with Gasteiger partial charge in [-0.05, 0) is 45.2 Å². The Bertz CT molecular complexity index is 418. The van der Waals surface area contributed by atoms with Crippen molar-refractivity contribution in [2.24, 2.45) is 5.92 Å². The van der Waals surface area contributed by atoms with Gasteiger partial charge in [-0.2, -0.15) is 0 Å². The molecule has 19 heavy (non-hydrogen) atoms. The zero-order valence-corrected chi connectivity index (χ0v) is 11.7. The maximum atomic E-state index is 12.1. The molecule has 1 aromatic rings. The van der Waals surface area contributed by atoms with Crippen molar-refractivity contribution in [2.75, 3.05) is 13.2 Å². The van der Waals surface area contributed by atoms with E-state index in [1.165, 1.54) is 5.56 Å². The number of nitrogens with zero attached hydrogens (tertiary/aromatic N) is 1. The van der Waals surface area contributed by atoms with Gasteiger partial charge < -0.3 is 4.74 Å². The molecular formula is C16H22NO2. The van der Waals surface area contributed by atoms with E-state index in [0.717, 1.165) is 13.0 Å². The first kappa shape index (κ1) is 14.1. The Labute approximate surface area is 115 Å². The van der Waals surface area contributed by atoms with Gasteiger partial charge in [0.2, 0.25) is 0 Å². The summed E-state index contributed by atoms with van der Waals surface area (Å²) in [6.45, 7) is 9.41. The highest BCUT2D eigenvalue weighted by Gasteiger charge is 2.40. The van der Waals surface area contributed by atoms with Gasteiger partial charge in [-0.15, -0.1) is 0 Å². The summed E-state index contributed by atoms with van der Waals surface area (Å²) < 4.78 is 5.19. The number of hydrogen-bond acceptors (Lipinski definition) is 3. The number of carbonyl (C=O) groups is 1. The van der Waals surface area contributed by atoms with Crippen LogP contribution in [0.25, 0.3) is 0 Å². The minimum absolute atomic E-state index is 0.116. The summed E-state index contributed by atoms with van der Waals surface area (Å²) in [5.74, 6) is -0.0204. The molecule has 2 rings (SSSR count). The third-order valence-corrected chi connectivity index (χ3v) is 3.87. The van der Waals surface area contributed by atoms with E-state index in [1.54, 1.807) is 0 Å². The minimum atomic E-state index is -0.213. The Morgan fingerprint density at radius 2 is 2.16 bits per heavy atom. The Morgan fingerprint density at radius 3 is 2.79 bits per heavy atom. The highest BCUT2D eigenvalue weighted by Crippen LogP contribution is 2.32. The van der Waals surface area contributed by atoms with E-state index in [-0.39, 0.29) is 24.0 Å². The molecule has 1 heterocycles. The minimum Gasteiger partial charge on any atom is -0.465 e. The molecule has 0 spiro atoms. The molecule has 1 radical (unpaired) electrons. The van der Waals surface area contributed by atoms with Crippen LogP contribution in [0.1, 0.15) is 31.9 Å². The molecule has 3 atom stereocenters. The van der Waals surface area contributed by atoms with Crippen LogP contribution in [0.3, 0.4) is 0 Å². The second-order valence-corrected chi connectivity index (χ2v) is 5.07. The van der Waals surface area contributed by atoms with Gasteiger partial charge in [-0.3, -0.25) is 9.69 Å². The maximum Gasteiger partial charge on any atom is 0.323 e. The predicted octanol–water partition coefficient (Wildman–Crippen LogP) is 2.84. The van der Waals surface area contributed by atoms with Crippen molar-refractivity contribution in [3.63, 3.8) is 0 Å². The summed E-state index contributed by atoms with van der Waals surface area (Å²) >= 11 is 0. The van der Waals surface area contributed by atoms with Crippen LogP contribution in [0.4, 0.5) is 0 Å². The van der Waals surface area contributed by atoms with Gasteiger partial charge >= 0.3 is 5.97 Å². The lowest BCUT2D eigenvalue weighted by Gasteiger charge is -2.30. The summed E-state index contributed by atoms with van der Waals surface area (Å²) in [6, 6.07) is 10.3. The number of benzene rings is 1. The van der Waals surface area contributed by atoms with Crippen LogP contribution in [-0.4, -0.2) is 30.1 Å². The van der Waals surface area contributed by atoms with Crippen molar-refractivity contribution < 1.29 is 9.53 Å². The van der Waals surface area contributed by atoms with Crippen LogP contribution in [-0.2, 0) is 9.53 Å². The molecule has 1 fully saturated rings. The van der Waals surface area contributed by atoms with Crippen LogP contribution < -0.4 is 0 Å². The largest absolute Gasteiger partial charge is 0.465 e. The second kappa shape index (κ2) is 6.20. The highest BCUT2D eigenvalue weighted by molar-refractivity contribution is 5.76. The quantitative estimate of drug-likeness (QED) is 0.780. The lowest BCUT2D eigenvalue weighted by atomic mass is 10.0. The number of hydrogen-bond donors (Lipinski definition) is 0. The standard InChI is InChI=1S/C16H22NO2/c1-4-19-16(18)15-12(2)10-11-17(15)13(3)14-8-6-5-7-9-14/h5-9,12-13,15H,2,4,10-11H2,1,3H3/t12-,13?,15+/m1/s1. The van der Waals surface area contributed by atoms with Crippen LogP contribution in [0, 0.1) is 12.8 Å². The third-order valence-electron chi connectivity index (χ3n) is 3.87. The molecule has 3 heteroatoms. The molecule has 0 aliphatic carbocycles. The molecule has 0 saturated carbocycles. The van der Waals surface area contributed by atoms with Crippen molar-refractivity contribution in [3.8, 4) is 0 Å². The van der Waals surface area contributed by atoms with E-state index >= 15 is 0 Å². The molecule has 0 amide bonds. The van der Waals surface area contributed by atoms with Crippen LogP contribution in [0.5, 0.6) is 0 Å². The van der Waals surface area contributed by atoms with Crippen LogP contribution in [0.15, 0.2) is 30.3 Å². The fourth-order valence-electron chi connectivity index (χ4n) is 2.80. The zero-order valence-electron chi connectivity index (χ0n) is 11.7. The number of likely N-dealkylation sites (tertiary alicyclic amines) is 1. The topological polar surface area (TPSA) is 29.5 Å². The molecule has 0 N–H and O–H groups in total. The Morgan fingerprint density at radius 1 is 1.47 bits per heavy atom. The molecular weight excluding hydrogens is 238 g/mol. The summed E-state index contributed by atoms with van der Waals surface area (Å²) in [5, 5.41) is 0. The zero-order chi connectivity index (χ0) is 13.8. The third kappa shape index (κ3) is 2.98. The first-order valence-corrected chi connectivity index (χ1v) is 6.95. The molecule has 1 aliphatic rings. The molecule has 1 aliphatic heterocycles. The van der Waals surface area contributed by atoms with E-state index in [0.29, 0.717) is 6.61 Å². The van der Waals surface area contributed by atoms with Crippen LogP contribution >= 0.6 is 0 Å². The molecule has 1 unspecified atom stereocenters. The molecule has 0 bridgehead atoms. The maximum absolute atomic E-state index is 12.1. The van der Waals surface area contributed by atoms with Gasteiger partial charge in [0.1, 0.15) is 6.04 Å². The van der Waals surface area contributed by atoms with Gasteiger partial charge in [-0.1, -0.05) is 30.3 Å². The van der Waals surface area contributed by atoms with Gasteiger partial charge in [0.05, 0.1) is 6.61 Å². The summed E-state index contributed by atoms with van der Waals surface area (Å²) in [5.41, 5.74) is 1.23. The van der Waals surface area contributed by atoms with E-state index < -0.39 is 0 Å². The lowest BCUT2D eigenvalue weighted by Crippen LogP contribution is -2.41. The Kier molecular flexibility index (Phi) is 4.59. The van der Waals surface area contributed by atoms with Gasteiger partial charge in [-0.25, -0.2) is 0 Å². The highest BCUT2D eigenvalue weighted by atomic mass is 16.5. The Hall–Kier alpha value is -1.35. The average Bonchev–Trinajstić information content (AvgIpc) is 2.81. The molecule has 103 valence electrons. The Balaban J connectivity index is 2.16. The van der Waals surface area contributed by atoms with Gasteiger partial charge in [0.25, 0.3) is 0 Å². The fourth-order valence-corrected chi connectivity index (χ4v) is 2.80. The summed E-state index contributed by atoms with van der Waals surface area (Å²) in [4.78, 5) is 14.3. The van der Waals surface area contributed by atoms with E-state index in [2.05, 4.69) is 30.9 Å². The van der Waals surface area contributed by atoms with Crippen LogP contribution in [0.2, 0.25) is 0 Å². The average molecular weight is 260 g/mol. The molecule has 0 aromatic heterocycles. The normalized spacial score (nSPS) is 25.2. The smallest absolute Gasteiger partial charge is 0.323 e. The number of esters is 1. The first-order chi connectivity index (χ1) is 9.15. The second-order valence-electron chi connectivity index (χ2n) is 5.07. The van der Waals surface area contributed by atoms with E-state index in [1.807, 2.05) is 25.1 Å². The van der Waals surface area contributed by atoms with Crippen molar-refractivity contribution in [2.45, 2.75) is 32.4 Å². The molecule has 1 aromatic carbocycles. The number of rotatable bonds is 4. The van der Waals surface area contributed by atoms with Crippen molar-refractivity contribution in [1.29, 1.82) is 0 Å². The monoisotopic (exact) mass is 260 g/mol. The SMILES string of the molecule is [CH2][C@@H]1CCN(C(C)c2ccccc2)[C@@H]1C(=O)OCC. The van der Waals surface area contributed by atoms with E-state index in [9.17, 15) is 4.79 Å². The van der Waals surface area contributed by atoms with Crippen molar-refractivity contribution in [1.82, 2.24) is 4.90 Å². The summed E-state index contributed by atoms with van der Waals surface area (Å²) in [7, 11) is 0.